The van der Waals surface area contributed by atoms with E-state index < -0.39 is 17.7 Å². The lowest BCUT2D eigenvalue weighted by Crippen LogP contribution is -2.03. The summed E-state index contributed by atoms with van der Waals surface area (Å²) >= 11 is 1.38. The minimum Gasteiger partial charge on any atom is -0.383 e. The average molecular weight is 254 g/mol. The molecule has 2 aromatic rings. The van der Waals surface area contributed by atoms with Crippen molar-refractivity contribution in [3.8, 4) is 0 Å². The van der Waals surface area contributed by atoms with Gasteiger partial charge in [-0.3, -0.25) is 0 Å². The van der Waals surface area contributed by atoms with Crippen LogP contribution in [-0.4, -0.2) is 5.11 Å². The number of aliphatic hydroxyl groups excluding tert-OH is 1. The van der Waals surface area contributed by atoms with Gasteiger partial charge in [0.1, 0.15) is 17.7 Å². The number of rotatable bonds is 3. The lowest BCUT2D eigenvalue weighted by atomic mass is 10.0. The predicted octanol–water partition coefficient (Wildman–Crippen LogP) is 3.67. The molecule has 0 fully saturated rings. The van der Waals surface area contributed by atoms with Gasteiger partial charge in [0.05, 0.1) is 0 Å². The zero-order valence-corrected chi connectivity index (χ0v) is 10.1. The molecule has 1 nitrogen and oxygen atoms in total. The zero-order valence-electron chi connectivity index (χ0n) is 9.28. The molecule has 0 bridgehead atoms. The van der Waals surface area contributed by atoms with Crippen LogP contribution >= 0.6 is 11.3 Å². The van der Waals surface area contributed by atoms with Crippen LogP contribution in [0.4, 0.5) is 8.78 Å². The average Bonchev–Trinajstić information content (AvgIpc) is 2.76. The second-order valence-corrected chi connectivity index (χ2v) is 4.68. The highest BCUT2D eigenvalue weighted by Crippen LogP contribution is 2.31. The highest BCUT2D eigenvalue weighted by Gasteiger charge is 2.19. The Morgan fingerprint density at radius 2 is 2.06 bits per heavy atom. The minimum atomic E-state index is -1.02. The fourth-order valence-corrected chi connectivity index (χ4v) is 2.74. The fraction of sp³-hybridized carbons (Fsp3) is 0.231. The van der Waals surface area contributed by atoms with Gasteiger partial charge in [0.25, 0.3) is 0 Å². The van der Waals surface area contributed by atoms with E-state index in [4.69, 9.17) is 0 Å². The smallest absolute Gasteiger partial charge is 0.132 e. The molecule has 0 aliphatic rings. The Hall–Kier alpha value is -1.26. The van der Waals surface area contributed by atoms with Gasteiger partial charge in [-0.15, -0.1) is 11.3 Å². The first-order valence-electron chi connectivity index (χ1n) is 5.32. The van der Waals surface area contributed by atoms with E-state index in [1.165, 1.54) is 17.4 Å². The number of benzene rings is 1. The van der Waals surface area contributed by atoms with Crippen molar-refractivity contribution in [2.45, 2.75) is 19.4 Å². The summed E-state index contributed by atoms with van der Waals surface area (Å²) in [6.45, 7) is 1.97. The molecule has 1 aromatic heterocycles. The molecule has 0 amide bonds. The summed E-state index contributed by atoms with van der Waals surface area (Å²) in [5.74, 6) is -1.35. The van der Waals surface area contributed by atoms with E-state index in [1.807, 2.05) is 18.4 Å². The molecule has 2 rings (SSSR count). The van der Waals surface area contributed by atoms with E-state index in [2.05, 4.69) is 0 Å². The van der Waals surface area contributed by atoms with Gasteiger partial charge in [-0.25, -0.2) is 8.78 Å². The van der Waals surface area contributed by atoms with E-state index in [1.54, 1.807) is 0 Å². The van der Waals surface area contributed by atoms with Gasteiger partial charge in [0.15, 0.2) is 0 Å². The van der Waals surface area contributed by atoms with Crippen molar-refractivity contribution < 1.29 is 13.9 Å². The number of aliphatic hydroxyl groups is 1. The van der Waals surface area contributed by atoms with Gasteiger partial charge in [0, 0.05) is 16.5 Å². The summed E-state index contributed by atoms with van der Waals surface area (Å²) < 4.78 is 26.3. The molecule has 0 aliphatic carbocycles. The van der Waals surface area contributed by atoms with Crippen molar-refractivity contribution in [3.63, 3.8) is 0 Å². The maximum atomic E-state index is 13.5. The third-order valence-electron chi connectivity index (χ3n) is 2.67. The molecule has 17 heavy (non-hydrogen) atoms. The Morgan fingerprint density at radius 1 is 1.29 bits per heavy atom. The summed E-state index contributed by atoms with van der Waals surface area (Å²) in [6, 6.07) is 5.14. The van der Waals surface area contributed by atoms with E-state index >= 15 is 0 Å². The Kier molecular flexibility index (Phi) is 3.54. The lowest BCUT2D eigenvalue weighted by Gasteiger charge is -2.12. The lowest BCUT2D eigenvalue weighted by molar-refractivity contribution is 0.217. The Balaban J connectivity index is 2.40. The monoisotopic (exact) mass is 254 g/mol. The van der Waals surface area contributed by atoms with Crippen LogP contribution in [-0.2, 0) is 6.42 Å². The summed E-state index contributed by atoms with van der Waals surface area (Å²) in [5.41, 5.74) is 1.11. The predicted molar refractivity (Wildman–Crippen MR) is 64.1 cm³/mol. The standard InChI is InChI=1S/C13H12F2OS/c1-2-8-5-6-17-13(8)12(16)10-4-3-9(14)7-11(10)15/h3-7,12,16H,2H2,1H3. The topological polar surface area (TPSA) is 20.2 Å². The van der Waals surface area contributed by atoms with Crippen LogP contribution in [0, 0.1) is 11.6 Å². The number of aryl methyl sites for hydroxylation is 1. The summed E-state index contributed by atoms with van der Waals surface area (Å²) in [7, 11) is 0. The Morgan fingerprint density at radius 3 is 2.71 bits per heavy atom. The first-order chi connectivity index (χ1) is 8.13. The van der Waals surface area contributed by atoms with Crippen molar-refractivity contribution in [3.05, 3.63) is 57.3 Å². The maximum Gasteiger partial charge on any atom is 0.132 e. The van der Waals surface area contributed by atoms with Crippen LogP contribution < -0.4 is 0 Å². The maximum absolute atomic E-state index is 13.5. The summed E-state index contributed by atoms with van der Waals surface area (Å²) in [5, 5.41) is 12.0. The van der Waals surface area contributed by atoms with Crippen molar-refractivity contribution in [1.82, 2.24) is 0 Å². The highest BCUT2D eigenvalue weighted by molar-refractivity contribution is 7.10. The van der Waals surface area contributed by atoms with Crippen molar-refractivity contribution in [1.29, 1.82) is 0 Å². The molecule has 0 aliphatic heterocycles. The number of halogens is 2. The van der Waals surface area contributed by atoms with Crippen molar-refractivity contribution in [2.75, 3.05) is 0 Å². The molecule has 0 saturated heterocycles. The van der Waals surface area contributed by atoms with Gasteiger partial charge in [-0.2, -0.15) is 0 Å². The van der Waals surface area contributed by atoms with Crippen LogP contribution in [0.2, 0.25) is 0 Å². The molecule has 0 spiro atoms. The highest BCUT2D eigenvalue weighted by atomic mass is 32.1. The van der Waals surface area contributed by atoms with E-state index in [0.717, 1.165) is 29.0 Å². The van der Waals surface area contributed by atoms with Crippen LogP contribution in [0.25, 0.3) is 0 Å². The first-order valence-corrected chi connectivity index (χ1v) is 6.20. The number of hydrogen-bond donors (Lipinski definition) is 1. The summed E-state index contributed by atoms with van der Waals surface area (Å²) in [6.07, 6.45) is -0.246. The molecule has 90 valence electrons. The van der Waals surface area contributed by atoms with Gasteiger partial charge >= 0.3 is 0 Å². The van der Waals surface area contributed by atoms with E-state index in [9.17, 15) is 13.9 Å². The largest absolute Gasteiger partial charge is 0.383 e. The third kappa shape index (κ3) is 2.37. The molecule has 1 atom stereocenters. The molecule has 1 N–H and O–H groups in total. The quantitative estimate of drug-likeness (QED) is 0.886. The minimum absolute atomic E-state index is 0.114. The fourth-order valence-electron chi connectivity index (χ4n) is 1.74. The zero-order chi connectivity index (χ0) is 12.4. The SMILES string of the molecule is CCc1ccsc1C(O)c1ccc(F)cc1F. The van der Waals surface area contributed by atoms with Crippen LogP contribution in [0.3, 0.4) is 0 Å². The van der Waals surface area contributed by atoms with Crippen LogP contribution in [0.1, 0.15) is 29.0 Å². The normalized spacial score (nSPS) is 12.7. The van der Waals surface area contributed by atoms with Gasteiger partial charge in [0.2, 0.25) is 0 Å². The molecule has 1 aromatic carbocycles. The van der Waals surface area contributed by atoms with E-state index in [-0.39, 0.29) is 5.56 Å². The molecule has 4 heteroatoms. The van der Waals surface area contributed by atoms with Crippen LogP contribution in [0.5, 0.6) is 0 Å². The second kappa shape index (κ2) is 4.94. The van der Waals surface area contributed by atoms with Gasteiger partial charge < -0.3 is 5.11 Å². The second-order valence-electron chi connectivity index (χ2n) is 3.73. The van der Waals surface area contributed by atoms with Gasteiger partial charge in [-0.1, -0.05) is 13.0 Å². The van der Waals surface area contributed by atoms with Crippen molar-refractivity contribution in [2.24, 2.45) is 0 Å². The molecule has 0 radical (unpaired) electrons. The van der Waals surface area contributed by atoms with Crippen LogP contribution in [0.15, 0.2) is 29.6 Å². The molecule has 0 saturated carbocycles. The Bertz CT molecular complexity index is 522. The molecular weight excluding hydrogens is 242 g/mol. The van der Waals surface area contributed by atoms with Gasteiger partial charge in [-0.05, 0) is 29.5 Å². The first kappa shape index (κ1) is 12.2. The number of hydrogen-bond acceptors (Lipinski definition) is 2. The van der Waals surface area contributed by atoms with E-state index in [0.29, 0.717) is 0 Å². The van der Waals surface area contributed by atoms with Crippen molar-refractivity contribution >= 4 is 11.3 Å². The molecular formula is C13H12F2OS. The Labute approximate surface area is 102 Å². The molecule has 1 heterocycles. The summed E-state index contributed by atoms with van der Waals surface area (Å²) in [4.78, 5) is 0.720. The molecule has 1 unspecified atom stereocenters. The number of thiophene rings is 1. The third-order valence-corrected chi connectivity index (χ3v) is 3.68.